The summed E-state index contributed by atoms with van der Waals surface area (Å²) in [6.45, 7) is 8.87. The summed E-state index contributed by atoms with van der Waals surface area (Å²) >= 11 is 0. The van der Waals surface area contributed by atoms with Gasteiger partial charge in [-0.25, -0.2) is 0 Å². The molecular formula is C18H33N3O. The molecule has 1 N–H and O–H groups in total. The van der Waals surface area contributed by atoms with Crippen molar-refractivity contribution in [1.82, 2.24) is 15.1 Å². The molecular weight excluding hydrogens is 274 g/mol. The van der Waals surface area contributed by atoms with Gasteiger partial charge >= 0.3 is 0 Å². The maximum atomic E-state index is 12.7. The second-order valence-corrected chi connectivity index (χ2v) is 7.66. The van der Waals surface area contributed by atoms with Crippen LogP contribution in [0, 0.1) is 11.8 Å². The molecule has 0 aromatic heterocycles. The molecule has 0 radical (unpaired) electrons. The summed E-state index contributed by atoms with van der Waals surface area (Å²) in [4.78, 5) is 17.6. The summed E-state index contributed by atoms with van der Waals surface area (Å²) in [5, 5.41) is 3.36. The molecule has 0 spiro atoms. The number of carbonyl (C=O) groups excluding carboxylic acids is 1. The topological polar surface area (TPSA) is 35.6 Å². The van der Waals surface area contributed by atoms with Gasteiger partial charge in [-0.05, 0) is 71.0 Å². The second kappa shape index (κ2) is 7.78. The van der Waals surface area contributed by atoms with Crippen LogP contribution in [0.3, 0.4) is 0 Å². The Hall–Kier alpha value is -0.610. The molecule has 3 saturated heterocycles. The van der Waals surface area contributed by atoms with Gasteiger partial charge in [0.2, 0.25) is 5.91 Å². The Kier molecular flexibility index (Phi) is 5.75. The lowest BCUT2D eigenvalue weighted by atomic mass is 9.91. The fraction of sp³-hybridized carbons (Fsp3) is 0.944. The van der Waals surface area contributed by atoms with Gasteiger partial charge in [0.05, 0.1) is 0 Å². The van der Waals surface area contributed by atoms with E-state index in [4.69, 9.17) is 0 Å². The van der Waals surface area contributed by atoms with Crippen molar-refractivity contribution >= 4 is 5.91 Å². The maximum absolute atomic E-state index is 12.7. The summed E-state index contributed by atoms with van der Waals surface area (Å²) in [7, 11) is 0. The molecule has 0 aromatic carbocycles. The summed E-state index contributed by atoms with van der Waals surface area (Å²) in [6.07, 6.45) is 8.66. The number of rotatable bonds is 3. The third-order valence-corrected chi connectivity index (χ3v) is 5.95. The van der Waals surface area contributed by atoms with Crippen LogP contribution >= 0.6 is 0 Å². The van der Waals surface area contributed by atoms with Crippen molar-refractivity contribution in [3.63, 3.8) is 0 Å². The molecule has 4 heteroatoms. The van der Waals surface area contributed by atoms with Crippen molar-refractivity contribution in [2.24, 2.45) is 11.8 Å². The first kappa shape index (κ1) is 16.3. The number of carbonyl (C=O) groups is 1. The summed E-state index contributed by atoms with van der Waals surface area (Å²) in [5.41, 5.74) is 0. The summed E-state index contributed by atoms with van der Waals surface area (Å²) < 4.78 is 0. The summed E-state index contributed by atoms with van der Waals surface area (Å²) in [5.74, 6) is 1.42. The van der Waals surface area contributed by atoms with Crippen LogP contribution in [0.15, 0.2) is 0 Å². The number of amides is 1. The zero-order valence-electron chi connectivity index (χ0n) is 14.2. The molecule has 1 amide bonds. The van der Waals surface area contributed by atoms with Crippen LogP contribution in [-0.4, -0.2) is 61.0 Å². The van der Waals surface area contributed by atoms with Crippen LogP contribution in [0.25, 0.3) is 0 Å². The third-order valence-electron chi connectivity index (χ3n) is 5.95. The van der Waals surface area contributed by atoms with Crippen LogP contribution < -0.4 is 5.32 Å². The lowest BCUT2D eigenvalue weighted by Gasteiger charge is -2.40. The summed E-state index contributed by atoms with van der Waals surface area (Å²) in [6, 6.07) is 0.740. The molecule has 4 nitrogen and oxygen atoms in total. The van der Waals surface area contributed by atoms with Crippen LogP contribution in [0.2, 0.25) is 0 Å². The van der Waals surface area contributed by atoms with E-state index >= 15 is 0 Å². The van der Waals surface area contributed by atoms with Gasteiger partial charge in [-0.3, -0.25) is 4.79 Å². The van der Waals surface area contributed by atoms with Crippen molar-refractivity contribution in [2.45, 2.75) is 57.9 Å². The minimum absolute atomic E-state index is 0.286. The van der Waals surface area contributed by atoms with Crippen LogP contribution in [0.1, 0.15) is 51.9 Å². The molecule has 3 rings (SSSR count). The van der Waals surface area contributed by atoms with Gasteiger partial charge in [-0.2, -0.15) is 0 Å². The predicted octanol–water partition coefficient (Wildman–Crippen LogP) is 2.10. The number of likely N-dealkylation sites (tertiary alicyclic amines) is 2. The first-order valence-electron chi connectivity index (χ1n) is 9.47. The van der Waals surface area contributed by atoms with Gasteiger partial charge in [0.15, 0.2) is 0 Å². The van der Waals surface area contributed by atoms with Crippen molar-refractivity contribution in [2.75, 3.05) is 39.3 Å². The lowest BCUT2D eigenvalue weighted by Crippen LogP contribution is -2.49. The van der Waals surface area contributed by atoms with Gasteiger partial charge in [-0.1, -0.05) is 6.42 Å². The largest absolute Gasteiger partial charge is 0.342 e. The van der Waals surface area contributed by atoms with Crippen LogP contribution in [0.5, 0.6) is 0 Å². The Labute approximate surface area is 135 Å². The van der Waals surface area contributed by atoms with Gasteiger partial charge in [0.25, 0.3) is 0 Å². The smallest absolute Gasteiger partial charge is 0.225 e. The highest BCUT2D eigenvalue weighted by atomic mass is 16.2. The molecule has 0 saturated carbocycles. The van der Waals surface area contributed by atoms with Crippen molar-refractivity contribution in [3.8, 4) is 0 Å². The van der Waals surface area contributed by atoms with Gasteiger partial charge < -0.3 is 15.1 Å². The normalized spacial score (nSPS) is 32.1. The van der Waals surface area contributed by atoms with Crippen molar-refractivity contribution in [3.05, 3.63) is 0 Å². The van der Waals surface area contributed by atoms with Gasteiger partial charge in [0, 0.05) is 31.6 Å². The number of nitrogens with zero attached hydrogens (tertiary/aromatic N) is 2. The van der Waals surface area contributed by atoms with Crippen molar-refractivity contribution in [1.29, 1.82) is 0 Å². The number of hydrogen-bond acceptors (Lipinski definition) is 3. The maximum Gasteiger partial charge on any atom is 0.225 e. The van der Waals surface area contributed by atoms with E-state index in [0.717, 1.165) is 45.1 Å². The minimum atomic E-state index is 0.286. The Bertz CT molecular complexity index is 367. The van der Waals surface area contributed by atoms with E-state index in [0.29, 0.717) is 11.8 Å². The number of hydrogen-bond donors (Lipinski definition) is 1. The van der Waals surface area contributed by atoms with Crippen LogP contribution in [0.4, 0.5) is 0 Å². The average molecular weight is 307 g/mol. The molecule has 3 heterocycles. The molecule has 0 aliphatic carbocycles. The second-order valence-electron chi connectivity index (χ2n) is 7.66. The predicted molar refractivity (Wildman–Crippen MR) is 89.8 cm³/mol. The number of nitrogens with one attached hydrogen (secondary N) is 1. The Morgan fingerprint density at radius 3 is 2.64 bits per heavy atom. The Balaban J connectivity index is 1.51. The first-order valence-corrected chi connectivity index (χ1v) is 9.47. The molecule has 3 aliphatic rings. The van der Waals surface area contributed by atoms with Crippen LogP contribution in [-0.2, 0) is 4.79 Å². The fourth-order valence-corrected chi connectivity index (χ4v) is 4.50. The highest BCUT2D eigenvalue weighted by Gasteiger charge is 2.31. The fourth-order valence-electron chi connectivity index (χ4n) is 4.50. The van der Waals surface area contributed by atoms with E-state index in [-0.39, 0.29) is 5.92 Å². The first-order chi connectivity index (χ1) is 10.7. The zero-order valence-corrected chi connectivity index (χ0v) is 14.2. The highest BCUT2D eigenvalue weighted by molar-refractivity contribution is 5.79. The van der Waals surface area contributed by atoms with Gasteiger partial charge in [-0.15, -0.1) is 0 Å². The molecule has 0 aromatic rings. The van der Waals surface area contributed by atoms with E-state index in [1.165, 1.54) is 45.2 Å². The quantitative estimate of drug-likeness (QED) is 0.867. The standard InChI is InChI=1S/C18H33N3O/c1-15-5-2-3-11-20(15)13-16-6-4-12-21(14-16)18(22)17-7-9-19-10-8-17/h15-17,19H,2-14H2,1H3. The number of piperidine rings is 3. The van der Waals surface area contributed by atoms with E-state index in [2.05, 4.69) is 22.0 Å². The third kappa shape index (κ3) is 4.02. The molecule has 0 bridgehead atoms. The van der Waals surface area contributed by atoms with E-state index in [1.54, 1.807) is 0 Å². The molecule has 126 valence electrons. The van der Waals surface area contributed by atoms with E-state index in [1.807, 2.05) is 0 Å². The zero-order chi connectivity index (χ0) is 15.4. The molecule has 2 unspecified atom stereocenters. The molecule has 22 heavy (non-hydrogen) atoms. The lowest BCUT2D eigenvalue weighted by molar-refractivity contribution is -0.138. The molecule has 3 aliphatic heterocycles. The SMILES string of the molecule is CC1CCCCN1CC1CCCN(C(=O)C2CCNCC2)C1. The highest BCUT2D eigenvalue weighted by Crippen LogP contribution is 2.25. The van der Waals surface area contributed by atoms with E-state index < -0.39 is 0 Å². The Morgan fingerprint density at radius 1 is 1.05 bits per heavy atom. The van der Waals surface area contributed by atoms with Gasteiger partial charge in [0.1, 0.15) is 0 Å². The minimum Gasteiger partial charge on any atom is -0.342 e. The Morgan fingerprint density at radius 2 is 1.86 bits per heavy atom. The van der Waals surface area contributed by atoms with Crippen molar-refractivity contribution < 1.29 is 4.79 Å². The molecule has 2 atom stereocenters. The average Bonchev–Trinajstić information content (AvgIpc) is 2.57. The molecule has 3 fully saturated rings. The van der Waals surface area contributed by atoms with E-state index in [9.17, 15) is 4.79 Å². The monoisotopic (exact) mass is 307 g/mol.